The number of hydrogen-bond acceptors (Lipinski definition) is 5. The predicted molar refractivity (Wildman–Crippen MR) is 99.0 cm³/mol. The zero-order valence-corrected chi connectivity index (χ0v) is 16.6. The van der Waals surface area contributed by atoms with Crippen LogP contribution in [0.2, 0.25) is 5.02 Å². The van der Waals surface area contributed by atoms with Crippen LogP contribution in [0.5, 0.6) is 0 Å². The second-order valence-corrected chi connectivity index (χ2v) is 7.03. The van der Waals surface area contributed by atoms with E-state index in [1.54, 1.807) is 4.90 Å². The summed E-state index contributed by atoms with van der Waals surface area (Å²) in [6.45, 7) is 8.57. The molecule has 0 aliphatic carbocycles. The number of carbonyl (C=O) groups excluding carboxylic acids is 2. The number of carbonyl (C=O) groups is 2. The molecule has 1 aromatic carbocycles. The van der Waals surface area contributed by atoms with Crippen LogP contribution in [0.3, 0.4) is 0 Å². The summed E-state index contributed by atoms with van der Waals surface area (Å²) in [6.07, 6.45) is 0. The molecule has 2 rings (SSSR count). The second-order valence-electron chi connectivity index (χ2n) is 6.62. The van der Waals surface area contributed by atoms with Gasteiger partial charge in [-0.1, -0.05) is 22.8 Å². The van der Waals surface area contributed by atoms with Crippen molar-refractivity contribution < 1.29 is 23.2 Å². The van der Waals surface area contributed by atoms with Gasteiger partial charge < -0.3 is 14.2 Å². The topological polar surface area (TPSA) is 72.6 Å². The molecule has 27 heavy (non-hydrogen) atoms. The van der Waals surface area contributed by atoms with Gasteiger partial charge in [-0.15, -0.1) is 0 Å². The van der Waals surface area contributed by atoms with Crippen molar-refractivity contribution in [2.75, 3.05) is 6.61 Å². The molecule has 2 aromatic rings. The van der Waals surface area contributed by atoms with Gasteiger partial charge in [0, 0.05) is 12.1 Å². The molecule has 146 valence electrons. The lowest BCUT2D eigenvalue weighted by molar-refractivity contribution is -0.138. The molecule has 0 spiro atoms. The first kappa shape index (κ1) is 20.9. The third kappa shape index (κ3) is 4.47. The molecule has 0 bridgehead atoms. The molecule has 0 saturated heterocycles. The number of benzene rings is 1. The molecule has 0 radical (unpaired) electrons. The maximum Gasteiger partial charge on any atom is 0.344 e. The Morgan fingerprint density at radius 2 is 1.89 bits per heavy atom. The van der Waals surface area contributed by atoms with E-state index in [-0.39, 0.29) is 45.6 Å². The van der Waals surface area contributed by atoms with Crippen molar-refractivity contribution in [2.45, 2.75) is 46.7 Å². The average molecular weight is 397 g/mol. The molecular weight excluding hydrogens is 375 g/mol. The summed E-state index contributed by atoms with van der Waals surface area (Å²) in [6, 6.07) is 4.04. The highest BCUT2D eigenvalue weighted by molar-refractivity contribution is 6.33. The Hall–Kier alpha value is -2.41. The van der Waals surface area contributed by atoms with E-state index < -0.39 is 18.4 Å². The van der Waals surface area contributed by atoms with Gasteiger partial charge in [-0.3, -0.25) is 4.79 Å². The summed E-state index contributed by atoms with van der Waals surface area (Å²) >= 11 is 6.05. The highest BCUT2D eigenvalue weighted by Gasteiger charge is 2.28. The van der Waals surface area contributed by atoms with Crippen LogP contribution < -0.4 is 0 Å². The largest absolute Gasteiger partial charge is 0.452 e. The van der Waals surface area contributed by atoms with E-state index in [0.717, 1.165) is 0 Å². The van der Waals surface area contributed by atoms with Crippen molar-refractivity contribution in [1.29, 1.82) is 0 Å². The summed E-state index contributed by atoms with van der Waals surface area (Å²) in [5.74, 6) is -1.66. The van der Waals surface area contributed by atoms with Gasteiger partial charge in [0.05, 0.1) is 10.6 Å². The fourth-order valence-electron chi connectivity index (χ4n) is 2.95. The Morgan fingerprint density at radius 3 is 2.44 bits per heavy atom. The summed E-state index contributed by atoms with van der Waals surface area (Å²) in [4.78, 5) is 26.5. The molecule has 0 aliphatic rings. The zero-order valence-electron chi connectivity index (χ0n) is 15.9. The van der Waals surface area contributed by atoms with E-state index in [2.05, 4.69) is 5.16 Å². The summed E-state index contributed by atoms with van der Waals surface area (Å²) in [5, 5.41) is 3.83. The zero-order chi connectivity index (χ0) is 20.3. The average Bonchev–Trinajstić information content (AvgIpc) is 2.93. The molecule has 0 unspecified atom stereocenters. The lowest BCUT2D eigenvalue weighted by Crippen LogP contribution is -2.44. The van der Waals surface area contributed by atoms with Gasteiger partial charge in [-0.2, -0.15) is 0 Å². The Bertz CT molecular complexity index is 820. The number of esters is 1. The molecule has 0 saturated carbocycles. The molecular formula is C19H22ClFN2O4. The number of halogens is 2. The molecule has 6 nitrogen and oxygen atoms in total. The SMILES string of the molecule is Cc1onc(-c2c(F)cccc2Cl)c1C(=O)OCC(=O)N(C(C)C)C(C)C. The number of rotatable bonds is 6. The number of ether oxygens (including phenoxy) is 1. The van der Waals surface area contributed by atoms with E-state index in [0.29, 0.717) is 0 Å². The van der Waals surface area contributed by atoms with Crippen LogP contribution in [0.15, 0.2) is 22.7 Å². The predicted octanol–water partition coefficient (Wildman–Crippen LogP) is 4.24. The minimum Gasteiger partial charge on any atom is -0.452 e. The number of aryl methyl sites for hydroxylation is 1. The van der Waals surface area contributed by atoms with Crippen molar-refractivity contribution in [2.24, 2.45) is 0 Å². The van der Waals surface area contributed by atoms with Crippen LogP contribution in [0.4, 0.5) is 4.39 Å². The third-order valence-electron chi connectivity index (χ3n) is 3.99. The number of nitrogens with zero attached hydrogens (tertiary/aromatic N) is 2. The normalized spacial score (nSPS) is 11.1. The Labute approximate surface area is 162 Å². The van der Waals surface area contributed by atoms with E-state index in [1.165, 1.54) is 25.1 Å². The monoisotopic (exact) mass is 396 g/mol. The van der Waals surface area contributed by atoms with Gasteiger partial charge in [-0.05, 0) is 46.8 Å². The number of amides is 1. The van der Waals surface area contributed by atoms with Crippen molar-refractivity contribution in [1.82, 2.24) is 10.1 Å². The number of aromatic nitrogens is 1. The third-order valence-corrected chi connectivity index (χ3v) is 4.31. The van der Waals surface area contributed by atoms with E-state index >= 15 is 0 Å². The molecule has 0 fully saturated rings. The molecule has 0 N–H and O–H groups in total. The van der Waals surface area contributed by atoms with Gasteiger partial charge in [0.2, 0.25) is 0 Å². The Balaban J connectivity index is 2.26. The standard InChI is InChI=1S/C19H22ClFN2O4/c1-10(2)23(11(3)4)15(24)9-26-19(25)16-12(5)27-22-18(16)17-13(20)7-6-8-14(17)21/h6-8,10-11H,9H2,1-5H3. The highest BCUT2D eigenvalue weighted by atomic mass is 35.5. The van der Waals surface area contributed by atoms with Crippen LogP contribution in [0, 0.1) is 12.7 Å². The molecule has 0 aliphatic heterocycles. The quantitative estimate of drug-likeness (QED) is 0.682. The summed E-state index contributed by atoms with van der Waals surface area (Å²) in [5.41, 5.74) is -0.173. The summed E-state index contributed by atoms with van der Waals surface area (Å²) in [7, 11) is 0. The van der Waals surface area contributed by atoms with Crippen LogP contribution in [0.1, 0.15) is 43.8 Å². The van der Waals surface area contributed by atoms with Gasteiger partial charge in [0.1, 0.15) is 22.8 Å². The first-order valence-corrected chi connectivity index (χ1v) is 8.91. The van der Waals surface area contributed by atoms with Gasteiger partial charge >= 0.3 is 5.97 Å². The maximum atomic E-state index is 14.2. The van der Waals surface area contributed by atoms with E-state index in [1.807, 2.05) is 27.7 Å². The first-order chi connectivity index (χ1) is 12.6. The van der Waals surface area contributed by atoms with Crippen molar-refractivity contribution in [3.05, 3.63) is 40.4 Å². The highest BCUT2D eigenvalue weighted by Crippen LogP contribution is 2.33. The van der Waals surface area contributed by atoms with Gasteiger partial charge in [0.25, 0.3) is 5.91 Å². The van der Waals surface area contributed by atoms with Crippen LogP contribution in [0.25, 0.3) is 11.3 Å². The smallest absolute Gasteiger partial charge is 0.344 e. The fourth-order valence-corrected chi connectivity index (χ4v) is 3.21. The van der Waals surface area contributed by atoms with Crippen molar-refractivity contribution in [3.63, 3.8) is 0 Å². The molecule has 8 heteroatoms. The van der Waals surface area contributed by atoms with Gasteiger partial charge in [0.15, 0.2) is 6.61 Å². The minimum atomic E-state index is -0.830. The maximum absolute atomic E-state index is 14.2. The van der Waals surface area contributed by atoms with Crippen LogP contribution in [-0.4, -0.2) is 40.6 Å². The lowest BCUT2D eigenvalue weighted by atomic mass is 10.1. The van der Waals surface area contributed by atoms with E-state index in [9.17, 15) is 14.0 Å². The summed E-state index contributed by atoms with van der Waals surface area (Å²) < 4.78 is 24.4. The Morgan fingerprint density at radius 1 is 1.26 bits per heavy atom. The molecule has 1 amide bonds. The fraction of sp³-hybridized carbons (Fsp3) is 0.421. The van der Waals surface area contributed by atoms with Crippen LogP contribution in [-0.2, 0) is 9.53 Å². The van der Waals surface area contributed by atoms with Crippen molar-refractivity contribution in [3.8, 4) is 11.3 Å². The van der Waals surface area contributed by atoms with Gasteiger partial charge in [-0.25, -0.2) is 9.18 Å². The van der Waals surface area contributed by atoms with Crippen LogP contribution >= 0.6 is 11.6 Å². The molecule has 1 aromatic heterocycles. The minimum absolute atomic E-state index is 0.0405. The lowest BCUT2D eigenvalue weighted by Gasteiger charge is -2.30. The van der Waals surface area contributed by atoms with Crippen molar-refractivity contribution >= 4 is 23.5 Å². The second kappa shape index (κ2) is 8.52. The molecule has 1 heterocycles. The van der Waals surface area contributed by atoms with E-state index in [4.69, 9.17) is 20.9 Å². The number of hydrogen-bond donors (Lipinski definition) is 0. The molecule has 0 atom stereocenters. The first-order valence-electron chi connectivity index (χ1n) is 8.54. The Kier molecular flexibility index (Phi) is 6.59.